The zero-order valence-electron chi connectivity index (χ0n) is 18.8. The molecule has 2 aromatic rings. The van der Waals surface area contributed by atoms with Crippen molar-refractivity contribution >= 4 is 11.6 Å². The van der Waals surface area contributed by atoms with Crippen LogP contribution in [0.5, 0.6) is 0 Å². The second kappa shape index (κ2) is 11.3. The summed E-state index contributed by atoms with van der Waals surface area (Å²) in [6, 6.07) is 15.3. The molecular weight excluding hydrogens is 407 g/mol. The molecular formula is C25H33FN4O2. The van der Waals surface area contributed by atoms with Gasteiger partial charge in [-0.25, -0.2) is 4.39 Å². The van der Waals surface area contributed by atoms with Crippen LogP contribution >= 0.6 is 0 Å². The Balaban J connectivity index is 1.25. The zero-order valence-corrected chi connectivity index (χ0v) is 18.8. The maximum Gasteiger partial charge on any atom is 0.194 e. The highest BCUT2D eigenvalue weighted by Crippen LogP contribution is 2.17. The normalized spacial score (nSPS) is 18.1. The lowest BCUT2D eigenvalue weighted by molar-refractivity contribution is -0.0390. The number of hydrogen-bond donors (Lipinski definition) is 1. The molecule has 7 heteroatoms. The first-order valence-corrected chi connectivity index (χ1v) is 11.4. The Morgan fingerprint density at radius 1 is 1.06 bits per heavy atom. The van der Waals surface area contributed by atoms with Gasteiger partial charge in [-0.2, -0.15) is 0 Å². The number of hydrogen-bond acceptors (Lipinski definition) is 4. The Hall–Kier alpha value is -2.64. The molecule has 0 aromatic heterocycles. The summed E-state index contributed by atoms with van der Waals surface area (Å²) < 4.78 is 24.6. The van der Waals surface area contributed by atoms with Crippen molar-refractivity contribution in [2.45, 2.75) is 32.1 Å². The number of aliphatic imine (C=N–C) groups is 1. The van der Waals surface area contributed by atoms with Crippen LogP contribution in [0.25, 0.3) is 0 Å². The Morgan fingerprint density at radius 3 is 2.50 bits per heavy atom. The highest BCUT2D eigenvalue weighted by atomic mass is 19.1. The molecule has 2 fully saturated rings. The highest BCUT2D eigenvalue weighted by Gasteiger charge is 2.20. The predicted molar refractivity (Wildman–Crippen MR) is 125 cm³/mol. The lowest BCUT2D eigenvalue weighted by atomic mass is 10.1. The monoisotopic (exact) mass is 440 g/mol. The molecule has 0 amide bonds. The molecule has 0 saturated carbocycles. The van der Waals surface area contributed by atoms with Crippen LogP contribution in [-0.2, 0) is 22.6 Å². The van der Waals surface area contributed by atoms with Gasteiger partial charge in [0.1, 0.15) is 5.82 Å². The average molecular weight is 441 g/mol. The number of anilines is 1. The zero-order chi connectivity index (χ0) is 22.2. The summed E-state index contributed by atoms with van der Waals surface area (Å²) >= 11 is 0. The molecule has 4 rings (SSSR count). The standard InChI is InChI=1S/C25H33FN4O2/c1-27-25(30-13-11-29(12-14-30)23-7-5-22(26)6-8-23)28-18-20-3-2-4-21(17-20)19-32-24-9-15-31-16-10-24/h2-8,17,24H,9-16,18-19H2,1H3,(H,27,28). The van der Waals surface area contributed by atoms with E-state index in [0.29, 0.717) is 12.7 Å². The lowest BCUT2D eigenvalue weighted by Crippen LogP contribution is -2.52. The first kappa shape index (κ1) is 22.6. The van der Waals surface area contributed by atoms with Crippen LogP contribution in [-0.4, -0.2) is 63.4 Å². The van der Waals surface area contributed by atoms with Crippen molar-refractivity contribution in [3.8, 4) is 0 Å². The van der Waals surface area contributed by atoms with E-state index >= 15 is 0 Å². The number of nitrogens with one attached hydrogen (secondary N) is 1. The van der Waals surface area contributed by atoms with E-state index in [9.17, 15) is 4.39 Å². The summed E-state index contributed by atoms with van der Waals surface area (Å²) in [6.07, 6.45) is 2.26. The van der Waals surface area contributed by atoms with Crippen molar-refractivity contribution in [1.29, 1.82) is 0 Å². The second-order valence-electron chi connectivity index (χ2n) is 8.29. The van der Waals surface area contributed by atoms with E-state index in [-0.39, 0.29) is 5.82 Å². The smallest absolute Gasteiger partial charge is 0.194 e. The van der Waals surface area contributed by atoms with Crippen LogP contribution in [0.3, 0.4) is 0 Å². The number of benzene rings is 2. The number of rotatable bonds is 6. The topological polar surface area (TPSA) is 49.3 Å². The van der Waals surface area contributed by atoms with Gasteiger partial charge in [0.15, 0.2) is 5.96 Å². The maximum absolute atomic E-state index is 13.2. The number of guanidine groups is 1. The Kier molecular flexibility index (Phi) is 7.96. The summed E-state index contributed by atoms with van der Waals surface area (Å²) in [5.74, 6) is 0.712. The third kappa shape index (κ3) is 6.20. The molecule has 2 heterocycles. The fourth-order valence-electron chi connectivity index (χ4n) is 4.23. The SMILES string of the molecule is CN=C(NCc1cccc(COC2CCOCC2)c1)N1CCN(c2ccc(F)cc2)CC1. The van der Waals surface area contributed by atoms with Crippen molar-refractivity contribution in [3.63, 3.8) is 0 Å². The predicted octanol–water partition coefficient (Wildman–Crippen LogP) is 3.42. The van der Waals surface area contributed by atoms with Crippen molar-refractivity contribution in [1.82, 2.24) is 10.2 Å². The molecule has 172 valence electrons. The van der Waals surface area contributed by atoms with E-state index in [1.54, 1.807) is 0 Å². The molecule has 32 heavy (non-hydrogen) atoms. The second-order valence-corrected chi connectivity index (χ2v) is 8.29. The van der Waals surface area contributed by atoms with Gasteiger partial charge < -0.3 is 24.6 Å². The summed E-state index contributed by atoms with van der Waals surface area (Å²) in [4.78, 5) is 9.04. The molecule has 2 aliphatic rings. The van der Waals surface area contributed by atoms with Crippen molar-refractivity contribution < 1.29 is 13.9 Å². The van der Waals surface area contributed by atoms with Crippen LogP contribution < -0.4 is 10.2 Å². The van der Waals surface area contributed by atoms with E-state index in [1.165, 1.54) is 23.3 Å². The number of halogens is 1. The van der Waals surface area contributed by atoms with Crippen LogP contribution in [0.15, 0.2) is 53.5 Å². The minimum Gasteiger partial charge on any atom is -0.381 e. The average Bonchev–Trinajstić information content (AvgIpc) is 2.85. The van der Waals surface area contributed by atoms with Gasteiger partial charge in [0.25, 0.3) is 0 Å². The van der Waals surface area contributed by atoms with Crippen molar-refractivity contribution in [2.24, 2.45) is 4.99 Å². The summed E-state index contributed by atoms with van der Waals surface area (Å²) in [7, 11) is 1.83. The molecule has 0 bridgehead atoms. The van der Waals surface area contributed by atoms with Crippen molar-refractivity contribution in [3.05, 3.63) is 65.5 Å². The fraction of sp³-hybridized carbons (Fsp3) is 0.480. The minimum atomic E-state index is -0.198. The molecule has 6 nitrogen and oxygen atoms in total. The Morgan fingerprint density at radius 2 is 1.78 bits per heavy atom. The van der Waals surface area contributed by atoms with Gasteiger partial charge in [-0.05, 0) is 48.2 Å². The largest absolute Gasteiger partial charge is 0.381 e. The van der Waals surface area contributed by atoms with Crippen LogP contribution in [0.4, 0.5) is 10.1 Å². The number of piperazine rings is 1. The molecule has 0 spiro atoms. The number of nitrogens with zero attached hydrogens (tertiary/aromatic N) is 3. The van der Waals surface area contributed by atoms with Gasteiger partial charge in [-0.1, -0.05) is 24.3 Å². The van der Waals surface area contributed by atoms with E-state index in [0.717, 1.165) is 70.4 Å². The Labute approximate surface area is 190 Å². The molecule has 2 saturated heterocycles. The Bertz CT molecular complexity index is 876. The summed E-state index contributed by atoms with van der Waals surface area (Å²) in [5, 5.41) is 3.50. The summed E-state index contributed by atoms with van der Waals surface area (Å²) in [6.45, 7) is 6.45. The van der Waals surface area contributed by atoms with Gasteiger partial charge in [-0.15, -0.1) is 0 Å². The van der Waals surface area contributed by atoms with Crippen molar-refractivity contribution in [2.75, 3.05) is 51.3 Å². The molecule has 2 aromatic carbocycles. The van der Waals surface area contributed by atoms with Gasteiger partial charge in [0.05, 0.1) is 12.7 Å². The lowest BCUT2D eigenvalue weighted by Gasteiger charge is -2.37. The van der Waals surface area contributed by atoms with E-state index in [4.69, 9.17) is 9.47 Å². The van der Waals surface area contributed by atoms with Gasteiger partial charge in [0.2, 0.25) is 0 Å². The molecule has 1 N–H and O–H groups in total. The van der Waals surface area contributed by atoms with Gasteiger partial charge in [-0.3, -0.25) is 4.99 Å². The van der Waals surface area contributed by atoms with Gasteiger partial charge >= 0.3 is 0 Å². The highest BCUT2D eigenvalue weighted by molar-refractivity contribution is 5.80. The van der Waals surface area contributed by atoms with Gasteiger partial charge in [0, 0.05) is 58.7 Å². The molecule has 2 aliphatic heterocycles. The quantitative estimate of drug-likeness (QED) is 0.551. The fourth-order valence-corrected chi connectivity index (χ4v) is 4.23. The molecule has 0 radical (unpaired) electrons. The molecule has 0 atom stereocenters. The van der Waals surface area contributed by atoms with E-state index < -0.39 is 0 Å². The van der Waals surface area contributed by atoms with Crippen LogP contribution in [0.2, 0.25) is 0 Å². The van der Waals surface area contributed by atoms with Crippen LogP contribution in [0, 0.1) is 5.82 Å². The van der Waals surface area contributed by atoms with E-state index in [2.05, 4.69) is 44.4 Å². The maximum atomic E-state index is 13.2. The molecule has 0 unspecified atom stereocenters. The minimum absolute atomic E-state index is 0.198. The number of ether oxygens (including phenoxy) is 2. The van der Waals surface area contributed by atoms with E-state index in [1.807, 2.05) is 19.2 Å². The first-order valence-electron chi connectivity index (χ1n) is 11.4. The first-order chi connectivity index (χ1) is 15.7. The third-order valence-corrected chi connectivity index (χ3v) is 6.08. The summed E-state index contributed by atoms with van der Waals surface area (Å²) in [5.41, 5.74) is 3.47. The third-order valence-electron chi connectivity index (χ3n) is 6.08. The van der Waals surface area contributed by atoms with Crippen LogP contribution in [0.1, 0.15) is 24.0 Å². The molecule has 0 aliphatic carbocycles.